The minimum absolute atomic E-state index is 0.204. The topological polar surface area (TPSA) is 26.0 Å². The first-order valence-electron chi connectivity index (χ1n) is 5.92. The van der Waals surface area contributed by atoms with Crippen LogP contribution in [0.5, 0.6) is 0 Å². The minimum atomic E-state index is 0.204. The van der Waals surface area contributed by atoms with Crippen LogP contribution in [-0.2, 0) is 6.42 Å². The standard InChI is InChI=1S/C15H16INS/c16-13-8-6-12(7-9-13)10-14(17)11-18-15-4-2-1-3-5-15/h1-9,14H,10-11,17H2. The van der Waals surface area contributed by atoms with Crippen LogP contribution in [0.2, 0.25) is 0 Å². The molecule has 0 aliphatic heterocycles. The number of nitrogens with two attached hydrogens (primary N) is 1. The molecule has 18 heavy (non-hydrogen) atoms. The molecule has 0 heterocycles. The number of halogens is 1. The maximum Gasteiger partial charge on any atom is 0.0174 e. The Hall–Kier alpha value is -0.520. The first-order valence-corrected chi connectivity index (χ1v) is 7.98. The molecule has 0 spiro atoms. The molecule has 0 amide bonds. The lowest BCUT2D eigenvalue weighted by Gasteiger charge is -2.11. The molecular weight excluding hydrogens is 353 g/mol. The Kier molecular flexibility index (Phi) is 5.53. The fourth-order valence-electron chi connectivity index (χ4n) is 1.70. The molecule has 3 heteroatoms. The second-order valence-electron chi connectivity index (χ2n) is 4.21. The summed E-state index contributed by atoms with van der Waals surface area (Å²) >= 11 is 4.14. The fourth-order valence-corrected chi connectivity index (χ4v) is 2.94. The minimum Gasteiger partial charge on any atom is -0.327 e. The molecular formula is C15H16INS. The van der Waals surface area contributed by atoms with E-state index < -0.39 is 0 Å². The molecule has 0 fully saturated rings. The van der Waals surface area contributed by atoms with Crippen LogP contribution < -0.4 is 5.73 Å². The summed E-state index contributed by atoms with van der Waals surface area (Å²) < 4.78 is 1.27. The third kappa shape index (κ3) is 4.63. The van der Waals surface area contributed by atoms with Gasteiger partial charge in [0.15, 0.2) is 0 Å². The highest BCUT2D eigenvalue weighted by Crippen LogP contribution is 2.18. The van der Waals surface area contributed by atoms with Gasteiger partial charge in [-0.1, -0.05) is 30.3 Å². The summed E-state index contributed by atoms with van der Waals surface area (Å²) in [4.78, 5) is 1.29. The van der Waals surface area contributed by atoms with Crippen molar-refractivity contribution >= 4 is 34.4 Å². The van der Waals surface area contributed by atoms with Gasteiger partial charge in [-0.25, -0.2) is 0 Å². The van der Waals surface area contributed by atoms with Crippen molar-refractivity contribution in [3.05, 3.63) is 63.7 Å². The van der Waals surface area contributed by atoms with Gasteiger partial charge in [0, 0.05) is 20.3 Å². The first-order chi connectivity index (χ1) is 8.74. The summed E-state index contributed by atoms with van der Waals surface area (Å²) in [6.45, 7) is 0. The molecule has 2 rings (SSSR count). The zero-order valence-electron chi connectivity index (χ0n) is 10.1. The Morgan fingerprint density at radius 2 is 1.67 bits per heavy atom. The zero-order chi connectivity index (χ0) is 12.8. The molecule has 2 N–H and O–H groups in total. The van der Waals surface area contributed by atoms with E-state index in [2.05, 4.69) is 71.1 Å². The lowest BCUT2D eigenvalue weighted by molar-refractivity contribution is 0.748. The van der Waals surface area contributed by atoms with E-state index in [-0.39, 0.29) is 6.04 Å². The Morgan fingerprint density at radius 3 is 2.33 bits per heavy atom. The summed E-state index contributed by atoms with van der Waals surface area (Å²) in [7, 11) is 0. The predicted molar refractivity (Wildman–Crippen MR) is 88.0 cm³/mol. The van der Waals surface area contributed by atoms with Crippen LogP contribution in [0.3, 0.4) is 0 Å². The number of rotatable bonds is 5. The second-order valence-corrected chi connectivity index (χ2v) is 6.55. The summed E-state index contributed by atoms with van der Waals surface area (Å²) in [5.41, 5.74) is 7.49. The highest BCUT2D eigenvalue weighted by molar-refractivity contribution is 14.1. The van der Waals surface area contributed by atoms with Crippen LogP contribution in [0.4, 0.5) is 0 Å². The van der Waals surface area contributed by atoms with Crippen molar-refractivity contribution in [2.45, 2.75) is 17.4 Å². The van der Waals surface area contributed by atoms with Crippen molar-refractivity contribution in [3.8, 4) is 0 Å². The zero-order valence-corrected chi connectivity index (χ0v) is 13.0. The summed E-state index contributed by atoms with van der Waals surface area (Å²) in [5.74, 6) is 0.954. The van der Waals surface area contributed by atoms with Crippen LogP contribution >= 0.6 is 34.4 Å². The van der Waals surface area contributed by atoms with E-state index in [1.807, 2.05) is 17.8 Å². The summed E-state index contributed by atoms with van der Waals surface area (Å²) in [6.07, 6.45) is 0.941. The maximum atomic E-state index is 6.17. The highest BCUT2D eigenvalue weighted by Gasteiger charge is 2.05. The molecule has 0 radical (unpaired) electrons. The van der Waals surface area contributed by atoms with Crippen LogP contribution in [-0.4, -0.2) is 11.8 Å². The van der Waals surface area contributed by atoms with Gasteiger partial charge in [-0.15, -0.1) is 11.8 Å². The molecule has 0 saturated heterocycles. The number of hydrogen-bond donors (Lipinski definition) is 1. The molecule has 2 aromatic rings. The number of benzene rings is 2. The van der Waals surface area contributed by atoms with E-state index in [4.69, 9.17) is 5.73 Å². The third-order valence-corrected chi connectivity index (χ3v) is 4.54. The second kappa shape index (κ2) is 7.16. The molecule has 0 aliphatic carbocycles. The largest absolute Gasteiger partial charge is 0.327 e. The van der Waals surface area contributed by atoms with Crippen molar-refractivity contribution < 1.29 is 0 Å². The highest BCUT2D eigenvalue weighted by atomic mass is 127. The van der Waals surface area contributed by atoms with Gasteiger partial charge in [0.1, 0.15) is 0 Å². The van der Waals surface area contributed by atoms with Crippen LogP contribution in [0.25, 0.3) is 0 Å². The van der Waals surface area contributed by atoms with E-state index in [0.717, 1.165) is 12.2 Å². The van der Waals surface area contributed by atoms with E-state index in [1.54, 1.807) is 0 Å². The van der Waals surface area contributed by atoms with E-state index in [9.17, 15) is 0 Å². The van der Waals surface area contributed by atoms with E-state index in [0.29, 0.717) is 0 Å². The molecule has 0 aromatic heterocycles. The Labute approximate surface area is 126 Å². The van der Waals surface area contributed by atoms with Crippen molar-refractivity contribution in [3.63, 3.8) is 0 Å². The molecule has 1 unspecified atom stereocenters. The van der Waals surface area contributed by atoms with E-state index in [1.165, 1.54) is 14.0 Å². The SMILES string of the molecule is NC(CSc1ccccc1)Cc1ccc(I)cc1. The predicted octanol–water partition coefficient (Wildman–Crippen LogP) is 3.95. The van der Waals surface area contributed by atoms with Crippen molar-refractivity contribution in [1.29, 1.82) is 0 Å². The lowest BCUT2D eigenvalue weighted by Crippen LogP contribution is -2.25. The van der Waals surface area contributed by atoms with Gasteiger partial charge >= 0.3 is 0 Å². The van der Waals surface area contributed by atoms with Gasteiger partial charge in [-0.3, -0.25) is 0 Å². The number of hydrogen-bond acceptors (Lipinski definition) is 2. The van der Waals surface area contributed by atoms with Gasteiger partial charge in [-0.05, 0) is 58.8 Å². The Bertz CT molecular complexity index is 470. The molecule has 0 bridgehead atoms. The van der Waals surface area contributed by atoms with Crippen LogP contribution in [0.15, 0.2) is 59.5 Å². The Balaban J connectivity index is 1.82. The van der Waals surface area contributed by atoms with Gasteiger partial charge in [0.05, 0.1) is 0 Å². The summed E-state index contributed by atoms with van der Waals surface area (Å²) in [6, 6.07) is 19.2. The van der Waals surface area contributed by atoms with Crippen LogP contribution in [0, 0.1) is 3.57 Å². The molecule has 94 valence electrons. The normalized spacial score (nSPS) is 12.3. The van der Waals surface area contributed by atoms with E-state index >= 15 is 0 Å². The van der Waals surface area contributed by atoms with Gasteiger partial charge in [-0.2, -0.15) is 0 Å². The Morgan fingerprint density at radius 1 is 1.00 bits per heavy atom. The maximum absolute atomic E-state index is 6.17. The van der Waals surface area contributed by atoms with Gasteiger partial charge in [0.25, 0.3) is 0 Å². The number of thioether (sulfide) groups is 1. The molecule has 0 aliphatic rings. The molecule has 0 saturated carbocycles. The molecule has 1 nitrogen and oxygen atoms in total. The summed E-state index contributed by atoms with van der Waals surface area (Å²) in [5, 5.41) is 0. The molecule has 2 aromatic carbocycles. The average Bonchev–Trinajstić information content (AvgIpc) is 2.40. The van der Waals surface area contributed by atoms with Crippen molar-refractivity contribution in [2.24, 2.45) is 5.73 Å². The van der Waals surface area contributed by atoms with Crippen LogP contribution in [0.1, 0.15) is 5.56 Å². The quantitative estimate of drug-likeness (QED) is 0.638. The van der Waals surface area contributed by atoms with Gasteiger partial charge < -0.3 is 5.73 Å². The fraction of sp³-hybridized carbons (Fsp3) is 0.200. The smallest absolute Gasteiger partial charge is 0.0174 e. The van der Waals surface area contributed by atoms with Gasteiger partial charge in [0.2, 0.25) is 0 Å². The van der Waals surface area contributed by atoms with Crippen molar-refractivity contribution in [2.75, 3.05) is 5.75 Å². The van der Waals surface area contributed by atoms with Crippen molar-refractivity contribution in [1.82, 2.24) is 0 Å². The first kappa shape index (κ1) is 13.9. The third-order valence-electron chi connectivity index (χ3n) is 2.62. The average molecular weight is 369 g/mol. The monoisotopic (exact) mass is 369 g/mol. The lowest BCUT2D eigenvalue weighted by atomic mass is 10.1. The molecule has 1 atom stereocenters.